The molecule has 0 bridgehead atoms. The Labute approximate surface area is 392 Å². The van der Waals surface area contributed by atoms with E-state index in [0.717, 1.165) is 22.4 Å². The van der Waals surface area contributed by atoms with E-state index in [1.165, 1.54) is 23.1 Å². The maximum Gasteiger partial charge on any atom is 0.411 e. The summed E-state index contributed by atoms with van der Waals surface area (Å²) in [6.45, 7) is 6.45. The van der Waals surface area contributed by atoms with Gasteiger partial charge in [0, 0.05) is 66.6 Å². The number of thiophene rings is 1. The molecule has 19 heteroatoms. The molecule has 0 unspecified atom stereocenters. The molecule has 0 radical (unpaired) electrons. The number of carbonyl (C=O) groups excluding carboxylic acids is 7. The third-order valence-electron chi connectivity index (χ3n) is 10.8. The molecule has 0 spiro atoms. The van der Waals surface area contributed by atoms with Gasteiger partial charge in [-0.2, -0.15) is 0 Å². The molecule has 0 aliphatic carbocycles. The highest BCUT2D eigenvalue weighted by molar-refractivity contribution is 7.09. The maximum absolute atomic E-state index is 13.6. The van der Waals surface area contributed by atoms with Crippen molar-refractivity contribution < 1.29 is 43.0 Å². The zero-order chi connectivity index (χ0) is 48.3. The molecule has 0 saturated carbocycles. The normalized spacial score (nSPS) is 12.9. The van der Waals surface area contributed by atoms with Crippen LogP contribution in [-0.2, 0) is 48.3 Å². The first kappa shape index (κ1) is 50.7. The number of hydrogen-bond acceptors (Lipinski definition) is 11. The molecule has 2 aromatic carbocycles. The third kappa shape index (κ3) is 16.3. The minimum absolute atomic E-state index is 0.0812. The van der Waals surface area contributed by atoms with Crippen molar-refractivity contribution in [1.29, 1.82) is 0 Å². The summed E-state index contributed by atoms with van der Waals surface area (Å²) in [5.41, 5.74) is 8.12. The Morgan fingerprint density at radius 2 is 1.60 bits per heavy atom. The number of nitrogens with two attached hydrogens (primary N) is 1. The van der Waals surface area contributed by atoms with Gasteiger partial charge in [-0.1, -0.05) is 50.6 Å². The average Bonchev–Trinajstić information content (AvgIpc) is 3.93. The lowest BCUT2D eigenvalue weighted by atomic mass is 10.0. The average molecular weight is 939 g/mol. The number of pyridine rings is 1. The molecule has 18 nitrogen and oxygen atoms in total. The fraction of sp³-hybridized carbons (Fsp3) is 0.375. The van der Waals surface area contributed by atoms with Crippen molar-refractivity contribution in [3.05, 3.63) is 122 Å². The number of carbonyl (C=O) groups is 7. The van der Waals surface area contributed by atoms with E-state index >= 15 is 0 Å². The van der Waals surface area contributed by atoms with Crippen LogP contribution in [0, 0.1) is 12.8 Å². The van der Waals surface area contributed by atoms with E-state index in [0.29, 0.717) is 55.0 Å². The topological polar surface area (TPSA) is 249 Å². The molecule has 1 aliphatic rings. The zero-order valence-electron chi connectivity index (χ0n) is 37.8. The Morgan fingerprint density at radius 1 is 0.836 bits per heavy atom. The van der Waals surface area contributed by atoms with Crippen LogP contribution in [0.25, 0.3) is 0 Å². The number of amides is 8. The molecule has 4 aromatic rings. The number of nitrogens with zero attached hydrogens (tertiary/aromatic N) is 2. The summed E-state index contributed by atoms with van der Waals surface area (Å²) in [7, 11) is 0. The molecule has 67 heavy (non-hydrogen) atoms. The molecule has 7 N–H and O–H groups in total. The molecule has 8 amide bonds. The zero-order valence-corrected chi connectivity index (χ0v) is 38.7. The van der Waals surface area contributed by atoms with Crippen molar-refractivity contribution in [2.75, 3.05) is 30.3 Å². The summed E-state index contributed by atoms with van der Waals surface area (Å²) < 4.78 is 12.8. The lowest BCUT2D eigenvalue weighted by molar-refractivity contribution is -0.137. The summed E-state index contributed by atoms with van der Waals surface area (Å²) in [6, 6.07) is 16.5. The van der Waals surface area contributed by atoms with Crippen LogP contribution in [0.4, 0.5) is 21.0 Å². The molecule has 1 aliphatic heterocycles. The first-order chi connectivity index (χ1) is 32.2. The first-order valence-electron chi connectivity index (χ1n) is 22.1. The number of unbranched alkanes of at least 4 members (excludes halogenated alkanes) is 2. The van der Waals surface area contributed by atoms with Crippen LogP contribution in [0.15, 0.2) is 95.3 Å². The lowest BCUT2D eigenvalue weighted by Gasteiger charge is -2.25. The lowest BCUT2D eigenvalue weighted by Crippen LogP contribution is -2.54. The Balaban J connectivity index is 1.09. The van der Waals surface area contributed by atoms with Gasteiger partial charge in [0.2, 0.25) is 17.7 Å². The highest BCUT2D eigenvalue weighted by Gasteiger charge is 2.29. The van der Waals surface area contributed by atoms with Crippen LogP contribution >= 0.6 is 11.3 Å². The van der Waals surface area contributed by atoms with Crippen LogP contribution in [0.5, 0.6) is 5.75 Å². The van der Waals surface area contributed by atoms with Crippen molar-refractivity contribution >= 4 is 64.4 Å². The van der Waals surface area contributed by atoms with E-state index in [1.807, 2.05) is 30.5 Å². The molecule has 3 heterocycles. The number of benzene rings is 2. The highest BCUT2D eigenvalue weighted by Crippen LogP contribution is 2.21. The summed E-state index contributed by atoms with van der Waals surface area (Å²) >= 11 is 1.66. The van der Waals surface area contributed by atoms with Crippen molar-refractivity contribution in [3.63, 3.8) is 0 Å². The summed E-state index contributed by atoms with van der Waals surface area (Å²) in [6.07, 6.45) is 6.34. The second-order valence-electron chi connectivity index (χ2n) is 16.2. The van der Waals surface area contributed by atoms with Gasteiger partial charge in [-0.25, -0.2) is 9.59 Å². The smallest absolute Gasteiger partial charge is 0.411 e. The Hall–Kier alpha value is -7.28. The first-order valence-corrected chi connectivity index (χ1v) is 23.0. The second-order valence-corrected chi connectivity index (χ2v) is 17.3. The number of imide groups is 1. The van der Waals surface area contributed by atoms with Gasteiger partial charge in [-0.05, 0) is 90.9 Å². The van der Waals surface area contributed by atoms with Gasteiger partial charge in [0.1, 0.15) is 24.4 Å². The molecule has 2 aromatic heterocycles. The molecule has 5 rings (SSSR count). The summed E-state index contributed by atoms with van der Waals surface area (Å²) in [5.74, 6) is -2.01. The van der Waals surface area contributed by atoms with E-state index < -0.39 is 36.0 Å². The monoisotopic (exact) mass is 938 g/mol. The van der Waals surface area contributed by atoms with E-state index in [1.54, 1.807) is 78.4 Å². The molecular weight excluding hydrogens is 881 g/mol. The fourth-order valence-corrected chi connectivity index (χ4v) is 7.72. The summed E-state index contributed by atoms with van der Waals surface area (Å²) in [4.78, 5) is 103. The van der Waals surface area contributed by atoms with Crippen LogP contribution < -0.4 is 42.6 Å². The van der Waals surface area contributed by atoms with E-state index in [4.69, 9.17) is 15.2 Å². The van der Waals surface area contributed by atoms with Crippen LogP contribution in [0.1, 0.15) is 73.9 Å². The number of rotatable bonds is 25. The van der Waals surface area contributed by atoms with Crippen molar-refractivity contribution in [1.82, 2.24) is 25.4 Å². The predicted molar refractivity (Wildman–Crippen MR) is 253 cm³/mol. The minimum atomic E-state index is -1.05. The number of primary amides is 1. The van der Waals surface area contributed by atoms with Gasteiger partial charge < -0.3 is 41.0 Å². The van der Waals surface area contributed by atoms with Gasteiger partial charge in [-0.3, -0.25) is 39.0 Å². The predicted octanol–water partition coefficient (Wildman–Crippen LogP) is 5.13. The van der Waals surface area contributed by atoms with E-state index in [2.05, 4.69) is 26.6 Å². The van der Waals surface area contributed by atoms with Crippen molar-refractivity contribution in [3.8, 4) is 5.75 Å². The van der Waals surface area contributed by atoms with E-state index in [9.17, 15) is 38.4 Å². The molecular formula is C48H58N8O10S. The highest BCUT2D eigenvalue weighted by atomic mass is 32.1. The van der Waals surface area contributed by atoms with Crippen molar-refractivity contribution in [2.45, 2.75) is 91.0 Å². The minimum Gasteiger partial charge on any atom is -0.493 e. The number of aromatic nitrogens is 1. The molecule has 2 atom stereocenters. The second kappa shape index (κ2) is 25.4. The number of anilines is 2. The largest absolute Gasteiger partial charge is 0.493 e. The van der Waals surface area contributed by atoms with Gasteiger partial charge in [0.15, 0.2) is 0 Å². The molecule has 356 valence electrons. The Kier molecular flexibility index (Phi) is 19.2. The van der Waals surface area contributed by atoms with Gasteiger partial charge >= 0.3 is 12.1 Å². The van der Waals surface area contributed by atoms with Crippen molar-refractivity contribution in [2.24, 2.45) is 11.7 Å². The number of urea groups is 1. The van der Waals surface area contributed by atoms with Gasteiger partial charge in [-0.15, -0.1) is 11.3 Å². The fourth-order valence-electron chi connectivity index (χ4n) is 7.03. The van der Waals surface area contributed by atoms with Crippen LogP contribution in [0.2, 0.25) is 0 Å². The van der Waals surface area contributed by atoms with E-state index in [-0.39, 0.29) is 68.3 Å². The third-order valence-corrected chi connectivity index (χ3v) is 11.8. The van der Waals surface area contributed by atoms with Gasteiger partial charge in [0.05, 0.1) is 13.2 Å². The standard InChI is InChI=1S/C48H58N8O10S/c1-31(2)44(54-40(57)14-5-4-6-24-56-41(58)19-20-42(56)59)46(62)52-39(13-8-23-50-47(49)63)45(61)51-35-17-15-33(16-18-35)30-66-48(64)53-38-12-7-10-34(32(38)3)29-55-25-21-36(28-43(55)60)65-26-22-37-11-9-27-67-37/h7,9-12,15-21,25,27-28,31,39,44H,4-6,8,13-14,22-24,26,29-30H2,1-3H3,(H,51,61)(H,52,62)(H,53,64)(H,54,57)(H3,49,50,63)/t39-,44-/m0/s1. The maximum atomic E-state index is 13.6. The molecule has 0 saturated heterocycles. The Morgan fingerprint density at radius 3 is 2.28 bits per heavy atom. The SMILES string of the molecule is Cc1c(Cn2ccc(OCCc3cccs3)cc2=O)cccc1NC(=O)OCc1ccc(NC(=O)[C@H](CCCNC(N)=O)NC(=O)[C@@H](NC(=O)CCCCCN2C(=O)C=CC2=O)C(C)C)cc1. The number of ether oxygens (including phenoxy) is 2. The summed E-state index contributed by atoms with van der Waals surface area (Å²) in [5, 5.41) is 15.6. The Bertz CT molecular complexity index is 2430. The van der Waals surface area contributed by atoms with Crippen LogP contribution in [-0.4, -0.2) is 82.9 Å². The van der Waals surface area contributed by atoms with Gasteiger partial charge in [0.25, 0.3) is 17.4 Å². The quantitative estimate of drug-likeness (QED) is 0.0377. The molecule has 0 fully saturated rings. The number of hydrogen-bond donors (Lipinski definition) is 6. The number of nitrogens with one attached hydrogen (secondary N) is 5. The van der Waals surface area contributed by atoms with Crippen LogP contribution in [0.3, 0.4) is 0 Å².